The molecule has 2 aromatic rings. The molecule has 1 aromatic heterocycles. The lowest BCUT2D eigenvalue weighted by Gasteiger charge is -2.38. The number of alkyl halides is 1. The van der Waals surface area contributed by atoms with E-state index in [0.29, 0.717) is 36.1 Å². The van der Waals surface area contributed by atoms with Gasteiger partial charge in [-0.15, -0.1) is 0 Å². The Morgan fingerprint density at radius 3 is 2.77 bits per heavy atom. The van der Waals surface area contributed by atoms with E-state index in [9.17, 15) is 14.3 Å². The first-order valence-corrected chi connectivity index (χ1v) is 10.9. The maximum atomic E-state index is 14.9. The maximum absolute atomic E-state index is 14.9. The monoisotopic (exact) mass is 425 g/mol. The van der Waals surface area contributed by atoms with Gasteiger partial charge in [-0.25, -0.2) is 9.37 Å². The first-order chi connectivity index (χ1) is 14.9. The zero-order chi connectivity index (χ0) is 21.7. The fraction of sp³-hybridized carbons (Fsp3) is 0.522. The summed E-state index contributed by atoms with van der Waals surface area (Å²) in [5.41, 5.74) is 2.09. The fourth-order valence-electron chi connectivity index (χ4n) is 5.27. The van der Waals surface area contributed by atoms with Gasteiger partial charge in [0.1, 0.15) is 17.7 Å². The highest BCUT2D eigenvalue weighted by Crippen LogP contribution is 2.36. The van der Waals surface area contributed by atoms with Gasteiger partial charge in [0.25, 0.3) is 0 Å². The van der Waals surface area contributed by atoms with Crippen molar-refractivity contribution >= 4 is 11.7 Å². The Balaban J connectivity index is 1.32. The topological polar surface area (TPSA) is 81.6 Å². The Kier molecular flexibility index (Phi) is 5.04. The number of halogens is 1. The number of nitrogens with zero attached hydrogens (tertiary/aromatic N) is 4. The molecule has 0 unspecified atom stereocenters. The number of fused-ring (bicyclic) bond motifs is 2. The lowest BCUT2D eigenvalue weighted by Crippen LogP contribution is -2.55. The van der Waals surface area contributed by atoms with E-state index in [1.54, 1.807) is 30.4 Å². The minimum absolute atomic E-state index is 0.0659. The number of hydrogen-bond donors (Lipinski definition) is 2. The third-order valence-corrected chi connectivity index (χ3v) is 7.16. The van der Waals surface area contributed by atoms with Crippen LogP contribution in [0.25, 0.3) is 11.3 Å². The Morgan fingerprint density at radius 1 is 1.26 bits per heavy atom. The highest BCUT2D eigenvalue weighted by atomic mass is 19.1. The van der Waals surface area contributed by atoms with Crippen LogP contribution in [0.5, 0.6) is 5.75 Å². The number of likely N-dealkylation sites (N-methyl/N-ethyl adjacent to an activating group) is 1. The molecule has 1 amide bonds. The Bertz CT molecular complexity index is 984. The molecule has 4 heterocycles. The number of carbonyl (C=O) groups is 1. The third-order valence-electron chi connectivity index (χ3n) is 7.16. The first-order valence-electron chi connectivity index (χ1n) is 10.9. The molecule has 0 saturated carbocycles. The smallest absolute Gasteiger partial charge is 0.223 e. The second-order valence-electron chi connectivity index (χ2n) is 9.12. The summed E-state index contributed by atoms with van der Waals surface area (Å²) in [5, 5.41) is 13.9. The fourth-order valence-corrected chi connectivity index (χ4v) is 5.27. The number of likely N-dealkylation sites (tertiary alicyclic amines) is 1. The predicted octanol–water partition coefficient (Wildman–Crippen LogP) is 2.46. The van der Waals surface area contributed by atoms with Crippen LogP contribution in [-0.4, -0.2) is 70.8 Å². The number of phenolic OH excluding ortho intramolecular Hbond substituents is 1. The van der Waals surface area contributed by atoms with Crippen molar-refractivity contribution in [1.29, 1.82) is 0 Å². The van der Waals surface area contributed by atoms with E-state index in [4.69, 9.17) is 0 Å². The molecule has 0 radical (unpaired) electrons. The highest BCUT2D eigenvalue weighted by Gasteiger charge is 2.43. The highest BCUT2D eigenvalue weighted by molar-refractivity contribution is 5.79. The average molecular weight is 426 g/mol. The zero-order valence-corrected chi connectivity index (χ0v) is 17.8. The lowest BCUT2D eigenvalue weighted by atomic mass is 9.96. The summed E-state index contributed by atoms with van der Waals surface area (Å²) in [6.45, 7) is 0.659. The number of rotatable bonds is 4. The van der Waals surface area contributed by atoms with Gasteiger partial charge in [0.05, 0.1) is 24.1 Å². The number of benzene rings is 1. The van der Waals surface area contributed by atoms with Crippen LogP contribution < -0.4 is 10.2 Å². The molecule has 3 aliphatic rings. The molecule has 164 valence electrons. The minimum Gasteiger partial charge on any atom is -0.507 e. The molecular weight excluding hydrogens is 397 g/mol. The summed E-state index contributed by atoms with van der Waals surface area (Å²) >= 11 is 0. The summed E-state index contributed by atoms with van der Waals surface area (Å²) in [5.74, 6) is 0.958. The van der Waals surface area contributed by atoms with Gasteiger partial charge in [-0.2, -0.15) is 0 Å². The van der Waals surface area contributed by atoms with E-state index in [0.717, 1.165) is 24.8 Å². The number of piperidine rings is 1. The molecule has 5 rings (SSSR count). The molecule has 0 spiro atoms. The summed E-state index contributed by atoms with van der Waals surface area (Å²) in [4.78, 5) is 24.4. The largest absolute Gasteiger partial charge is 0.507 e. The molecule has 1 aromatic carbocycles. The van der Waals surface area contributed by atoms with Gasteiger partial charge in [0.15, 0.2) is 0 Å². The molecule has 3 fully saturated rings. The maximum Gasteiger partial charge on any atom is 0.223 e. The van der Waals surface area contributed by atoms with Crippen LogP contribution in [0.1, 0.15) is 37.2 Å². The van der Waals surface area contributed by atoms with E-state index >= 15 is 0 Å². The van der Waals surface area contributed by atoms with Crippen molar-refractivity contribution in [2.75, 3.05) is 25.5 Å². The molecular formula is C23H28FN5O2. The molecule has 3 aliphatic heterocycles. The third kappa shape index (κ3) is 3.63. The predicted molar refractivity (Wildman–Crippen MR) is 116 cm³/mol. The summed E-state index contributed by atoms with van der Waals surface area (Å²) < 4.78 is 14.9. The summed E-state index contributed by atoms with van der Waals surface area (Å²) in [6.07, 6.45) is 5.48. The van der Waals surface area contributed by atoms with Crippen molar-refractivity contribution in [2.24, 2.45) is 0 Å². The van der Waals surface area contributed by atoms with Gasteiger partial charge in [-0.05, 0) is 37.0 Å². The number of nitrogens with one attached hydrogen (secondary N) is 1. The molecule has 3 saturated heterocycles. The number of anilines is 1. The molecule has 7 nitrogen and oxygen atoms in total. The second-order valence-corrected chi connectivity index (χ2v) is 9.12. The van der Waals surface area contributed by atoms with Crippen molar-refractivity contribution in [3.63, 3.8) is 0 Å². The van der Waals surface area contributed by atoms with Gasteiger partial charge < -0.3 is 20.2 Å². The van der Waals surface area contributed by atoms with Crippen LogP contribution in [0.3, 0.4) is 0 Å². The number of phenols is 1. The van der Waals surface area contributed by atoms with E-state index < -0.39 is 6.17 Å². The normalized spacial score (nSPS) is 30.1. The number of hydrogen-bond acceptors (Lipinski definition) is 6. The van der Waals surface area contributed by atoms with E-state index in [1.165, 1.54) is 0 Å². The Morgan fingerprint density at radius 2 is 2.10 bits per heavy atom. The van der Waals surface area contributed by atoms with Crippen molar-refractivity contribution in [3.05, 3.63) is 36.2 Å². The van der Waals surface area contributed by atoms with Crippen molar-refractivity contribution in [3.8, 4) is 17.0 Å². The molecule has 2 N–H and O–H groups in total. The van der Waals surface area contributed by atoms with Crippen LogP contribution >= 0.6 is 0 Å². The molecule has 8 heteroatoms. The standard InChI is InChI=1S/C23H28FN5O2/c1-28-12-14(8-22(28)31)13-3-5-16(20(30)7-13)18-10-26-21(11-25-18)29(2)19-9-15-4-6-17(27-15)23(19)24/h3,5,7,10-11,14-15,17,19,23,27,30H,4,6,8-9,12H2,1-2H3/t14-,15-,17+,19-,23+/m0/s1. The molecule has 5 atom stereocenters. The van der Waals surface area contributed by atoms with E-state index in [2.05, 4.69) is 15.3 Å². The van der Waals surface area contributed by atoms with Gasteiger partial charge >= 0.3 is 0 Å². The van der Waals surface area contributed by atoms with Crippen LogP contribution in [0.15, 0.2) is 30.6 Å². The van der Waals surface area contributed by atoms with E-state index in [-0.39, 0.29) is 29.7 Å². The minimum atomic E-state index is -0.927. The zero-order valence-electron chi connectivity index (χ0n) is 17.8. The van der Waals surface area contributed by atoms with Crippen molar-refractivity contribution in [2.45, 2.75) is 55.9 Å². The lowest BCUT2D eigenvalue weighted by molar-refractivity contribution is -0.126. The van der Waals surface area contributed by atoms with Gasteiger partial charge in [0.2, 0.25) is 5.91 Å². The van der Waals surface area contributed by atoms with Gasteiger partial charge in [-0.1, -0.05) is 6.07 Å². The summed E-state index contributed by atoms with van der Waals surface area (Å²) in [6, 6.07) is 5.58. The van der Waals surface area contributed by atoms with Crippen LogP contribution in [0.4, 0.5) is 10.2 Å². The van der Waals surface area contributed by atoms with Crippen molar-refractivity contribution in [1.82, 2.24) is 20.2 Å². The SMILES string of the molecule is CN1C[C@@H](c2ccc(-c3cnc(N(C)[C@H]4C[C@@H]5CC[C@@H](N5)[C@H]4F)cn3)c(O)c2)CC1=O. The summed E-state index contributed by atoms with van der Waals surface area (Å²) in [7, 11) is 3.67. The number of amides is 1. The van der Waals surface area contributed by atoms with Crippen LogP contribution in [0, 0.1) is 0 Å². The molecule has 2 bridgehead atoms. The van der Waals surface area contributed by atoms with Crippen LogP contribution in [0.2, 0.25) is 0 Å². The number of carbonyl (C=O) groups excluding carboxylic acids is 1. The number of aromatic hydroxyl groups is 1. The first kappa shape index (κ1) is 20.2. The van der Waals surface area contributed by atoms with Gasteiger partial charge in [0, 0.05) is 50.6 Å². The second kappa shape index (κ2) is 7.75. The quantitative estimate of drug-likeness (QED) is 0.783. The Labute approximate surface area is 181 Å². The average Bonchev–Trinajstić information content (AvgIpc) is 3.34. The molecule has 0 aliphatic carbocycles. The van der Waals surface area contributed by atoms with E-state index in [1.807, 2.05) is 24.1 Å². The van der Waals surface area contributed by atoms with Gasteiger partial charge in [-0.3, -0.25) is 9.78 Å². The molecule has 31 heavy (non-hydrogen) atoms. The Hall–Kier alpha value is -2.74. The van der Waals surface area contributed by atoms with Crippen molar-refractivity contribution < 1.29 is 14.3 Å². The van der Waals surface area contributed by atoms with Crippen LogP contribution in [-0.2, 0) is 4.79 Å². The number of aromatic nitrogens is 2.